The lowest BCUT2D eigenvalue weighted by Gasteiger charge is -2.33. The summed E-state index contributed by atoms with van der Waals surface area (Å²) < 4.78 is 0. The van der Waals surface area contributed by atoms with Crippen molar-refractivity contribution in [2.24, 2.45) is 0 Å². The molecule has 41 heavy (non-hydrogen) atoms. The van der Waals surface area contributed by atoms with Gasteiger partial charge in [-0.15, -0.1) is 0 Å². The van der Waals surface area contributed by atoms with Gasteiger partial charge in [-0.3, -0.25) is 10.00 Å². The Balaban J connectivity index is 0.894. The molecule has 0 atom stereocenters. The molecular formula is C29H41N11O. The van der Waals surface area contributed by atoms with Crippen molar-refractivity contribution in [3.8, 4) is 0 Å². The zero-order valence-electron chi connectivity index (χ0n) is 23.6. The van der Waals surface area contributed by atoms with Gasteiger partial charge in [0.2, 0.25) is 5.95 Å². The zero-order valence-corrected chi connectivity index (χ0v) is 23.6. The maximum atomic E-state index is 12.7. The van der Waals surface area contributed by atoms with Crippen LogP contribution in [0.25, 0.3) is 0 Å². The Morgan fingerprint density at radius 2 is 1.66 bits per heavy atom. The number of hydrogen-bond acceptors (Lipinski definition) is 9. The molecule has 6 rings (SSSR count). The van der Waals surface area contributed by atoms with Gasteiger partial charge in [0.15, 0.2) is 5.82 Å². The smallest absolute Gasteiger partial charge is 0.315 e. The Morgan fingerprint density at radius 1 is 0.902 bits per heavy atom. The second-order valence-electron chi connectivity index (χ2n) is 11.7. The summed E-state index contributed by atoms with van der Waals surface area (Å²) in [5.74, 6) is 2.71. The molecule has 0 aromatic carbocycles. The Morgan fingerprint density at radius 3 is 2.41 bits per heavy atom. The molecule has 3 aromatic heterocycles. The third-order valence-corrected chi connectivity index (χ3v) is 8.64. The van der Waals surface area contributed by atoms with Crippen LogP contribution in [0.1, 0.15) is 81.5 Å². The van der Waals surface area contributed by atoms with E-state index in [4.69, 9.17) is 0 Å². The number of rotatable bonds is 9. The van der Waals surface area contributed by atoms with Crippen molar-refractivity contribution in [2.45, 2.75) is 94.8 Å². The number of nitrogens with one attached hydrogen (secondary N) is 5. The van der Waals surface area contributed by atoms with Crippen LogP contribution in [0, 0.1) is 0 Å². The molecule has 0 unspecified atom stereocenters. The first-order chi connectivity index (χ1) is 20.2. The Labute approximate surface area is 240 Å². The van der Waals surface area contributed by atoms with Crippen molar-refractivity contribution < 1.29 is 4.79 Å². The molecule has 1 saturated heterocycles. The standard InChI is InChI=1S/C29H41N11O/c41-29(34-23-12-16-40(17-13-23)19-24-6-3-14-31-37-24)33-22-9-7-21(8-10-22)32-28-30-15-11-26(36-28)35-27-18-25(38-39-27)20-4-1-2-5-20/h3,6,11,14-15,18,20-23H,1-2,4-5,7-10,12-13,16-17,19H2,(H2,33,34,41)(H3,30,32,35,36,38,39). The van der Waals surface area contributed by atoms with E-state index in [1.54, 1.807) is 12.4 Å². The van der Waals surface area contributed by atoms with E-state index in [9.17, 15) is 4.79 Å². The van der Waals surface area contributed by atoms with Gasteiger partial charge in [-0.05, 0) is 69.6 Å². The molecule has 3 aromatic rings. The van der Waals surface area contributed by atoms with Gasteiger partial charge >= 0.3 is 6.03 Å². The normalized spacial score (nSPS) is 22.3. The Kier molecular flexibility index (Phi) is 8.84. The molecule has 1 aliphatic heterocycles. The Bertz CT molecular complexity index is 1250. The number of amides is 2. The third-order valence-electron chi connectivity index (χ3n) is 8.64. The molecule has 0 bridgehead atoms. The Hall–Kier alpha value is -3.80. The van der Waals surface area contributed by atoms with E-state index in [1.807, 2.05) is 18.2 Å². The lowest BCUT2D eigenvalue weighted by molar-refractivity contribution is 0.182. The molecule has 4 heterocycles. The van der Waals surface area contributed by atoms with Crippen LogP contribution >= 0.6 is 0 Å². The number of H-pyrrole nitrogens is 1. The molecule has 3 aliphatic rings. The highest BCUT2D eigenvalue weighted by atomic mass is 16.2. The van der Waals surface area contributed by atoms with Gasteiger partial charge in [0.1, 0.15) is 5.82 Å². The molecular weight excluding hydrogens is 518 g/mol. The van der Waals surface area contributed by atoms with Gasteiger partial charge in [0, 0.05) is 67.8 Å². The fraction of sp³-hybridized carbons (Fsp3) is 0.586. The number of aromatic nitrogens is 6. The van der Waals surface area contributed by atoms with Crippen LogP contribution in [0.4, 0.5) is 22.4 Å². The first kappa shape index (κ1) is 27.4. The van der Waals surface area contributed by atoms with E-state index in [0.29, 0.717) is 11.9 Å². The molecule has 0 spiro atoms. The first-order valence-corrected chi connectivity index (χ1v) is 15.1. The average molecular weight is 560 g/mol. The SMILES string of the molecule is O=C(NC1CCC(Nc2nccc(Nc3cc(C4CCCC4)[nH]n3)n2)CC1)NC1CCN(Cc2cccnn2)CC1. The maximum absolute atomic E-state index is 12.7. The lowest BCUT2D eigenvalue weighted by Crippen LogP contribution is -2.50. The number of hydrogen-bond donors (Lipinski definition) is 5. The highest BCUT2D eigenvalue weighted by Gasteiger charge is 2.25. The van der Waals surface area contributed by atoms with Crippen molar-refractivity contribution in [3.05, 3.63) is 48.0 Å². The van der Waals surface area contributed by atoms with Crippen molar-refractivity contribution >= 4 is 23.6 Å². The van der Waals surface area contributed by atoms with Crippen LogP contribution in [0.2, 0.25) is 0 Å². The van der Waals surface area contributed by atoms with E-state index in [2.05, 4.69) is 62.6 Å². The summed E-state index contributed by atoms with van der Waals surface area (Å²) in [7, 11) is 0. The molecule has 2 aliphatic carbocycles. The van der Waals surface area contributed by atoms with Gasteiger partial charge in [-0.2, -0.15) is 20.3 Å². The van der Waals surface area contributed by atoms with Crippen molar-refractivity contribution in [1.29, 1.82) is 0 Å². The predicted octanol–water partition coefficient (Wildman–Crippen LogP) is 4.08. The van der Waals surface area contributed by atoms with E-state index >= 15 is 0 Å². The second kappa shape index (κ2) is 13.2. The van der Waals surface area contributed by atoms with Gasteiger partial charge in [-0.1, -0.05) is 12.8 Å². The number of aromatic amines is 1. The minimum absolute atomic E-state index is 0.0506. The molecule has 12 heteroatoms. The van der Waals surface area contributed by atoms with Crippen LogP contribution in [0.5, 0.6) is 0 Å². The first-order valence-electron chi connectivity index (χ1n) is 15.1. The van der Waals surface area contributed by atoms with Crippen LogP contribution in [-0.2, 0) is 6.54 Å². The molecule has 218 valence electrons. The zero-order chi connectivity index (χ0) is 27.9. The predicted molar refractivity (Wildman–Crippen MR) is 157 cm³/mol. The molecule has 5 N–H and O–H groups in total. The molecule has 2 amide bonds. The summed E-state index contributed by atoms with van der Waals surface area (Å²) in [6.45, 7) is 2.70. The van der Waals surface area contributed by atoms with Gasteiger partial charge in [0.25, 0.3) is 0 Å². The van der Waals surface area contributed by atoms with Crippen molar-refractivity contribution in [3.63, 3.8) is 0 Å². The molecule has 12 nitrogen and oxygen atoms in total. The number of carbonyl (C=O) groups is 1. The van der Waals surface area contributed by atoms with Crippen LogP contribution in [0.15, 0.2) is 36.7 Å². The number of urea groups is 1. The summed E-state index contributed by atoms with van der Waals surface area (Å²) in [5.41, 5.74) is 2.19. The van der Waals surface area contributed by atoms with Crippen molar-refractivity contribution in [1.82, 2.24) is 45.9 Å². The molecule has 2 saturated carbocycles. The number of nitrogens with zero attached hydrogens (tertiary/aromatic N) is 6. The van der Waals surface area contributed by atoms with E-state index in [-0.39, 0.29) is 24.2 Å². The summed E-state index contributed by atoms with van der Waals surface area (Å²) in [5, 5.41) is 28.9. The van der Waals surface area contributed by atoms with E-state index < -0.39 is 0 Å². The monoisotopic (exact) mass is 559 g/mol. The van der Waals surface area contributed by atoms with Crippen LogP contribution in [0.3, 0.4) is 0 Å². The van der Waals surface area contributed by atoms with Gasteiger partial charge in [0.05, 0.1) is 5.69 Å². The minimum Gasteiger partial charge on any atom is -0.351 e. The second-order valence-corrected chi connectivity index (χ2v) is 11.7. The fourth-order valence-corrected chi connectivity index (χ4v) is 6.34. The molecule has 0 radical (unpaired) electrons. The highest BCUT2D eigenvalue weighted by Crippen LogP contribution is 2.34. The lowest BCUT2D eigenvalue weighted by atomic mass is 9.91. The summed E-state index contributed by atoms with van der Waals surface area (Å²) in [4.78, 5) is 24.1. The summed E-state index contributed by atoms with van der Waals surface area (Å²) >= 11 is 0. The number of carbonyl (C=O) groups excluding carboxylic acids is 1. The highest BCUT2D eigenvalue weighted by molar-refractivity contribution is 5.74. The van der Waals surface area contributed by atoms with Crippen LogP contribution < -0.4 is 21.3 Å². The quantitative estimate of drug-likeness (QED) is 0.261. The largest absolute Gasteiger partial charge is 0.351 e. The fourth-order valence-electron chi connectivity index (χ4n) is 6.34. The van der Waals surface area contributed by atoms with Crippen molar-refractivity contribution in [2.75, 3.05) is 23.7 Å². The third kappa shape index (κ3) is 7.69. The number of anilines is 3. The number of likely N-dealkylation sites (tertiary alicyclic amines) is 1. The summed E-state index contributed by atoms with van der Waals surface area (Å²) in [6, 6.07) is 8.51. The molecule has 3 fully saturated rings. The van der Waals surface area contributed by atoms with E-state index in [1.165, 1.54) is 31.4 Å². The van der Waals surface area contributed by atoms with Gasteiger partial charge in [-0.25, -0.2) is 9.78 Å². The maximum Gasteiger partial charge on any atom is 0.315 e. The van der Waals surface area contributed by atoms with Crippen LogP contribution in [-0.4, -0.2) is 72.5 Å². The topological polar surface area (TPSA) is 149 Å². The average Bonchev–Trinajstić information content (AvgIpc) is 3.69. The summed E-state index contributed by atoms with van der Waals surface area (Å²) in [6.07, 6.45) is 14.2. The number of piperidine rings is 1. The minimum atomic E-state index is -0.0506. The van der Waals surface area contributed by atoms with Gasteiger partial charge < -0.3 is 21.3 Å². The van der Waals surface area contributed by atoms with E-state index in [0.717, 1.165) is 75.5 Å².